The van der Waals surface area contributed by atoms with Crippen LogP contribution in [0.15, 0.2) is 42.9 Å². The maximum atomic E-state index is 12.3. The lowest BCUT2D eigenvalue weighted by atomic mass is 10.1. The van der Waals surface area contributed by atoms with Crippen LogP contribution in [0.25, 0.3) is 5.95 Å². The molecule has 0 saturated carbocycles. The molecule has 0 atom stereocenters. The first-order valence-corrected chi connectivity index (χ1v) is 9.44. The van der Waals surface area contributed by atoms with E-state index in [1.54, 1.807) is 6.20 Å². The highest BCUT2D eigenvalue weighted by Gasteiger charge is 2.12. The molecule has 2 N–H and O–H groups in total. The fourth-order valence-corrected chi connectivity index (χ4v) is 2.67. The van der Waals surface area contributed by atoms with Crippen LogP contribution in [-0.4, -0.2) is 36.1 Å². The Morgan fingerprint density at radius 2 is 2.00 bits per heavy atom. The summed E-state index contributed by atoms with van der Waals surface area (Å²) in [7, 11) is 0. The molecule has 0 unspecified atom stereocenters. The Kier molecular flexibility index (Phi) is 7.00. The molecule has 0 aliphatic heterocycles. The first-order valence-electron chi connectivity index (χ1n) is 9.44. The zero-order valence-electron chi connectivity index (χ0n) is 15.9. The highest BCUT2D eigenvalue weighted by atomic mass is 16.1. The number of nitrogens with one attached hydrogen (secondary N) is 2. The standard InChI is InChI=1S/C19H24N8O/c1-2-3-4-8-11-17(28)23-16-13-21-19(27-14-22-25-26-27)24-18(16)20-12-15-9-6-5-7-10-15/h5-7,9-10,13-14H,2-4,8,11-12H2,1H3,(H,23,28)(H,20,21,24). The van der Waals surface area contributed by atoms with Crippen molar-refractivity contribution in [3.05, 3.63) is 48.4 Å². The van der Waals surface area contributed by atoms with E-state index < -0.39 is 0 Å². The number of tetrazole rings is 1. The predicted octanol–water partition coefficient (Wildman–Crippen LogP) is 2.97. The molecule has 2 heterocycles. The molecule has 146 valence electrons. The summed E-state index contributed by atoms with van der Waals surface area (Å²) in [6.07, 6.45) is 7.67. The van der Waals surface area contributed by atoms with E-state index in [2.05, 4.69) is 43.1 Å². The zero-order valence-corrected chi connectivity index (χ0v) is 15.9. The number of nitrogens with zero attached hydrogens (tertiary/aromatic N) is 6. The Bertz CT molecular complexity index is 867. The van der Waals surface area contributed by atoms with Crippen molar-refractivity contribution in [1.29, 1.82) is 0 Å². The number of aromatic nitrogens is 6. The van der Waals surface area contributed by atoms with Gasteiger partial charge in [-0.2, -0.15) is 9.67 Å². The molecule has 9 heteroatoms. The van der Waals surface area contributed by atoms with Crippen molar-refractivity contribution in [2.75, 3.05) is 10.6 Å². The molecule has 1 amide bonds. The fraction of sp³-hybridized carbons (Fsp3) is 0.368. The monoisotopic (exact) mass is 380 g/mol. The second-order valence-electron chi connectivity index (χ2n) is 6.38. The Morgan fingerprint density at radius 3 is 2.75 bits per heavy atom. The van der Waals surface area contributed by atoms with Crippen molar-refractivity contribution in [2.24, 2.45) is 0 Å². The lowest BCUT2D eigenvalue weighted by Gasteiger charge is -2.13. The van der Waals surface area contributed by atoms with Crippen LogP contribution in [0.1, 0.15) is 44.6 Å². The molecule has 0 saturated heterocycles. The lowest BCUT2D eigenvalue weighted by molar-refractivity contribution is -0.116. The second kappa shape index (κ2) is 10.1. The van der Waals surface area contributed by atoms with Crippen LogP contribution < -0.4 is 10.6 Å². The van der Waals surface area contributed by atoms with Crippen LogP contribution in [0.4, 0.5) is 11.5 Å². The Hall–Kier alpha value is -3.36. The van der Waals surface area contributed by atoms with Gasteiger partial charge in [-0.15, -0.1) is 5.10 Å². The number of hydrogen-bond acceptors (Lipinski definition) is 7. The number of unbranched alkanes of at least 4 members (excludes halogenated alkanes) is 3. The average molecular weight is 380 g/mol. The van der Waals surface area contributed by atoms with Gasteiger partial charge in [0.05, 0.1) is 6.20 Å². The van der Waals surface area contributed by atoms with Crippen LogP contribution in [0.5, 0.6) is 0 Å². The lowest BCUT2D eigenvalue weighted by Crippen LogP contribution is -2.16. The van der Waals surface area contributed by atoms with Gasteiger partial charge in [0.15, 0.2) is 5.82 Å². The number of amides is 1. The average Bonchev–Trinajstić information content (AvgIpc) is 3.26. The molecule has 0 fully saturated rings. The number of carbonyl (C=O) groups is 1. The Morgan fingerprint density at radius 1 is 1.14 bits per heavy atom. The van der Waals surface area contributed by atoms with Gasteiger partial charge in [-0.1, -0.05) is 56.5 Å². The van der Waals surface area contributed by atoms with E-state index in [0.717, 1.165) is 31.2 Å². The predicted molar refractivity (Wildman–Crippen MR) is 106 cm³/mol. The van der Waals surface area contributed by atoms with Gasteiger partial charge in [0.25, 0.3) is 5.95 Å². The summed E-state index contributed by atoms with van der Waals surface area (Å²) in [5, 5.41) is 17.2. The molecule has 0 aliphatic rings. The summed E-state index contributed by atoms with van der Waals surface area (Å²) >= 11 is 0. The second-order valence-corrected chi connectivity index (χ2v) is 6.38. The van der Waals surface area contributed by atoms with Gasteiger partial charge >= 0.3 is 0 Å². The highest BCUT2D eigenvalue weighted by Crippen LogP contribution is 2.20. The topological polar surface area (TPSA) is 111 Å². The van der Waals surface area contributed by atoms with Gasteiger partial charge in [-0.05, 0) is 22.4 Å². The number of hydrogen-bond donors (Lipinski definition) is 2. The number of rotatable bonds is 10. The number of anilines is 2. The van der Waals surface area contributed by atoms with E-state index >= 15 is 0 Å². The Balaban J connectivity index is 1.72. The van der Waals surface area contributed by atoms with Crippen LogP contribution in [0.2, 0.25) is 0 Å². The van der Waals surface area contributed by atoms with Gasteiger partial charge in [0, 0.05) is 13.0 Å². The van der Waals surface area contributed by atoms with Crippen LogP contribution in [0, 0.1) is 0 Å². The van der Waals surface area contributed by atoms with Crippen molar-refractivity contribution in [3.63, 3.8) is 0 Å². The quantitative estimate of drug-likeness (QED) is 0.520. The maximum Gasteiger partial charge on any atom is 0.255 e. The third-order valence-corrected chi connectivity index (χ3v) is 4.16. The normalized spacial score (nSPS) is 10.6. The molecule has 3 rings (SSSR count). The van der Waals surface area contributed by atoms with Gasteiger partial charge in [-0.25, -0.2) is 4.98 Å². The SMILES string of the molecule is CCCCCCC(=O)Nc1cnc(-n2cnnn2)nc1NCc1ccccc1. The van der Waals surface area contributed by atoms with E-state index in [1.807, 2.05) is 30.3 Å². The van der Waals surface area contributed by atoms with E-state index in [9.17, 15) is 4.79 Å². The summed E-state index contributed by atoms with van der Waals surface area (Å²) in [6.45, 7) is 2.71. The van der Waals surface area contributed by atoms with Crippen molar-refractivity contribution >= 4 is 17.4 Å². The molecular weight excluding hydrogens is 356 g/mol. The molecule has 9 nitrogen and oxygen atoms in total. The molecule has 28 heavy (non-hydrogen) atoms. The smallest absolute Gasteiger partial charge is 0.255 e. The molecule has 1 aromatic carbocycles. The summed E-state index contributed by atoms with van der Waals surface area (Å²) < 4.78 is 1.37. The summed E-state index contributed by atoms with van der Waals surface area (Å²) in [6, 6.07) is 9.95. The minimum Gasteiger partial charge on any atom is -0.364 e. The largest absolute Gasteiger partial charge is 0.364 e. The third kappa shape index (κ3) is 5.57. The van der Waals surface area contributed by atoms with E-state index in [-0.39, 0.29) is 5.91 Å². The minimum absolute atomic E-state index is 0.0439. The van der Waals surface area contributed by atoms with Gasteiger partial charge in [0.2, 0.25) is 5.91 Å². The van der Waals surface area contributed by atoms with Crippen molar-refractivity contribution in [2.45, 2.75) is 45.6 Å². The molecule has 0 aliphatic carbocycles. The van der Waals surface area contributed by atoms with E-state index in [4.69, 9.17) is 0 Å². The third-order valence-electron chi connectivity index (χ3n) is 4.16. The number of benzene rings is 1. The minimum atomic E-state index is -0.0439. The first kappa shape index (κ1) is 19.4. The van der Waals surface area contributed by atoms with E-state index in [1.165, 1.54) is 11.0 Å². The molecule has 0 bridgehead atoms. The number of carbonyl (C=O) groups excluding carboxylic acids is 1. The highest BCUT2D eigenvalue weighted by molar-refractivity contribution is 5.93. The van der Waals surface area contributed by atoms with Gasteiger partial charge in [-0.3, -0.25) is 4.79 Å². The van der Waals surface area contributed by atoms with Crippen LogP contribution in [0.3, 0.4) is 0 Å². The molecule has 0 spiro atoms. The fourth-order valence-electron chi connectivity index (χ4n) is 2.67. The van der Waals surface area contributed by atoms with Gasteiger partial charge in [0.1, 0.15) is 12.0 Å². The van der Waals surface area contributed by atoms with E-state index in [0.29, 0.717) is 30.4 Å². The van der Waals surface area contributed by atoms with Crippen molar-refractivity contribution in [3.8, 4) is 5.95 Å². The molecule has 3 aromatic rings. The summed E-state index contributed by atoms with van der Waals surface area (Å²) in [4.78, 5) is 21.0. The van der Waals surface area contributed by atoms with Crippen LogP contribution >= 0.6 is 0 Å². The van der Waals surface area contributed by atoms with Crippen molar-refractivity contribution in [1.82, 2.24) is 30.2 Å². The molecule has 2 aromatic heterocycles. The van der Waals surface area contributed by atoms with Gasteiger partial charge < -0.3 is 10.6 Å². The molecular formula is C19H24N8O. The molecule has 0 radical (unpaired) electrons. The first-order chi connectivity index (χ1) is 13.8. The summed E-state index contributed by atoms with van der Waals surface area (Å²) in [5.41, 5.74) is 1.63. The Labute approximate surface area is 163 Å². The summed E-state index contributed by atoms with van der Waals surface area (Å²) in [5.74, 6) is 0.797. The van der Waals surface area contributed by atoms with Crippen LogP contribution in [-0.2, 0) is 11.3 Å². The zero-order chi connectivity index (χ0) is 19.6. The van der Waals surface area contributed by atoms with Crippen molar-refractivity contribution < 1.29 is 4.79 Å². The maximum absolute atomic E-state index is 12.3.